The Balaban J connectivity index is 1.93. The highest BCUT2D eigenvalue weighted by atomic mass is 19.1. The number of aromatic amines is 1. The van der Waals surface area contributed by atoms with Gasteiger partial charge in [-0.15, -0.1) is 0 Å². The van der Waals surface area contributed by atoms with Gasteiger partial charge in [0.15, 0.2) is 5.82 Å². The third-order valence-corrected chi connectivity index (χ3v) is 3.12. The van der Waals surface area contributed by atoms with Gasteiger partial charge >= 0.3 is 0 Å². The number of H-pyrrole nitrogens is 1. The predicted octanol–water partition coefficient (Wildman–Crippen LogP) is 2.56. The number of hydrogen-bond donors (Lipinski definition) is 1. The summed E-state index contributed by atoms with van der Waals surface area (Å²) >= 11 is 0. The van der Waals surface area contributed by atoms with Crippen LogP contribution in [0.3, 0.4) is 0 Å². The summed E-state index contributed by atoms with van der Waals surface area (Å²) < 4.78 is 13.6. The van der Waals surface area contributed by atoms with E-state index in [0.717, 1.165) is 0 Å². The summed E-state index contributed by atoms with van der Waals surface area (Å²) in [6.07, 6.45) is 3.30. The largest absolute Gasteiger partial charge is 0.305 e. The Hall–Kier alpha value is -2.82. The van der Waals surface area contributed by atoms with Crippen LogP contribution in [0, 0.1) is 5.82 Å². The van der Waals surface area contributed by atoms with Gasteiger partial charge in [0.2, 0.25) is 0 Å². The van der Waals surface area contributed by atoms with Crippen LogP contribution in [0.25, 0.3) is 11.5 Å². The van der Waals surface area contributed by atoms with Crippen LogP contribution in [-0.2, 0) is 6.42 Å². The van der Waals surface area contributed by atoms with Gasteiger partial charge in [-0.3, -0.25) is 9.78 Å². The van der Waals surface area contributed by atoms with Gasteiger partial charge in [-0.25, -0.2) is 9.37 Å². The van der Waals surface area contributed by atoms with E-state index in [1.54, 1.807) is 36.5 Å². The first kappa shape index (κ1) is 13.2. The van der Waals surface area contributed by atoms with Crippen molar-refractivity contribution in [1.29, 1.82) is 0 Å². The standard InChI is InChI=1S/C16H12FN3O/c17-13-6-2-1-5-11(13)9-12-10-19-15(20-16(12)21)14-7-3-4-8-18-14/h1-8,10H,9H2,(H,19,20,21). The normalized spacial score (nSPS) is 10.5. The molecule has 0 aliphatic carbocycles. The highest BCUT2D eigenvalue weighted by molar-refractivity contribution is 5.47. The molecule has 0 atom stereocenters. The van der Waals surface area contributed by atoms with Gasteiger partial charge in [0.1, 0.15) is 11.5 Å². The molecule has 0 amide bonds. The molecule has 2 heterocycles. The Morgan fingerprint density at radius 3 is 2.52 bits per heavy atom. The number of hydrogen-bond acceptors (Lipinski definition) is 3. The maximum Gasteiger partial charge on any atom is 0.254 e. The molecule has 21 heavy (non-hydrogen) atoms. The lowest BCUT2D eigenvalue weighted by Gasteiger charge is -2.04. The van der Waals surface area contributed by atoms with Crippen LogP contribution >= 0.6 is 0 Å². The monoisotopic (exact) mass is 281 g/mol. The topological polar surface area (TPSA) is 58.6 Å². The van der Waals surface area contributed by atoms with Gasteiger partial charge in [-0.2, -0.15) is 0 Å². The second-order valence-corrected chi connectivity index (χ2v) is 4.57. The lowest BCUT2D eigenvalue weighted by atomic mass is 10.1. The van der Waals surface area contributed by atoms with Crippen LogP contribution in [0.1, 0.15) is 11.1 Å². The van der Waals surface area contributed by atoms with E-state index in [2.05, 4.69) is 15.0 Å². The van der Waals surface area contributed by atoms with Crippen LogP contribution in [-0.4, -0.2) is 15.0 Å². The van der Waals surface area contributed by atoms with Crippen molar-refractivity contribution in [2.75, 3.05) is 0 Å². The fourth-order valence-corrected chi connectivity index (χ4v) is 2.03. The number of aromatic nitrogens is 3. The van der Waals surface area contributed by atoms with E-state index in [1.807, 2.05) is 6.07 Å². The van der Waals surface area contributed by atoms with Gasteiger partial charge in [-0.05, 0) is 23.8 Å². The van der Waals surface area contributed by atoms with E-state index in [4.69, 9.17) is 0 Å². The van der Waals surface area contributed by atoms with E-state index in [1.165, 1.54) is 12.3 Å². The maximum absolute atomic E-state index is 13.6. The van der Waals surface area contributed by atoms with Gasteiger partial charge < -0.3 is 4.98 Å². The molecule has 0 aliphatic heterocycles. The Labute approximate surface area is 120 Å². The minimum atomic E-state index is -0.328. The highest BCUT2D eigenvalue weighted by Crippen LogP contribution is 2.12. The SMILES string of the molecule is O=c1[nH]c(-c2ccccn2)ncc1Cc1ccccc1F. The molecule has 1 aromatic carbocycles. The zero-order valence-electron chi connectivity index (χ0n) is 11.1. The smallest absolute Gasteiger partial charge is 0.254 e. The molecule has 0 saturated heterocycles. The van der Waals surface area contributed by atoms with E-state index in [0.29, 0.717) is 22.6 Å². The second-order valence-electron chi connectivity index (χ2n) is 4.57. The minimum absolute atomic E-state index is 0.206. The van der Waals surface area contributed by atoms with Crippen molar-refractivity contribution in [2.45, 2.75) is 6.42 Å². The molecule has 4 nitrogen and oxygen atoms in total. The molecule has 0 fully saturated rings. The van der Waals surface area contributed by atoms with E-state index < -0.39 is 0 Å². The first-order chi connectivity index (χ1) is 10.2. The highest BCUT2D eigenvalue weighted by Gasteiger charge is 2.08. The van der Waals surface area contributed by atoms with Crippen molar-refractivity contribution in [3.63, 3.8) is 0 Å². The van der Waals surface area contributed by atoms with Crippen LogP contribution in [0.5, 0.6) is 0 Å². The molecular weight excluding hydrogens is 269 g/mol. The summed E-state index contributed by atoms with van der Waals surface area (Å²) in [5.74, 6) is 0.0728. The van der Waals surface area contributed by atoms with Crippen molar-refractivity contribution < 1.29 is 4.39 Å². The third kappa shape index (κ3) is 2.86. The Morgan fingerprint density at radius 2 is 1.81 bits per heavy atom. The molecule has 104 valence electrons. The van der Waals surface area contributed by atoms with Crippen molar-refractivity contribution >= 4 is 0 Å². The van der Waals surface area contributed by atoms with E-state index in [-0.39, 0.29) is 17.8 Å². The molecule has 0 saturated carbocycles. The Kier molecular flexibility index (Phi) is 3.55. The molecule has 1 N–H and O–H groups in total. The molecule has 0 unspecified atom stereocenters. The van der Waals surface area contributed by atoms with E-state index >= 15 is 0 Å². The number of halogens is 1. The Bertz CT molecular complexity index is 815. The molecule has 0 spiro atoms. The average Bonchev–Trinajstić information content (AvgIpc) is 2.52. The van der Waals surface area contributed by atoms with Gasteiger partial charge in [0, 0.05) is 24.4 Å². The summed E-state index contributed by atoms with van der Waals surface area (Å²) in [5.41, 5.74) is 1.19. The molecular formula is C16H12FN3O. The van der Waals surface area contributed by atoms with Crippen molar-refractivity contribution in [3.8, 4) is 11.5 Å². The Morgan fingerprint density at radius 1 is 1.00 bits per heavy atom. The summed E-state index contributed by atoms with van der Waals surface area (Å²) in [6.45, 7) is 0. The number of rotatable bonds is 3. The lowest BCUT2D eigenvalue weighted by Crippen LogP contribution is -2.15. The molecule has 3 rings (SSSR count). The van der Waals surface area contributed by atoms with Crippen LogP contribution in [0.2, 0.25) is 0 Å². The number of nitrogens with zero attached hydrogens (tertiary/aromatic N) is 2. The lowest BCUT2D eigenvalue weighted by molar-refractivity contribution is 0.613. The first-order valence-electron chi connectivity index (χ1n) is 6.47. The quantitative estimate of drug-likeness (QED) is 0.802. The van der Waals surface area contributed by atoms with Crippen LogP contribution < -0.4 is 5.56 Å². The molecule has 0 radical (unpaired) electrons. The number of pyridine rings is 1. The minimum Gasteiger partial charge on any atom is -0.305 e. The van der Waals surface area contributed by atoms with E-state index in [9.17, 15) is 9.18 Å². The predicted molar refractivity (Wildman–Crippen MR) is 77.3 cm³/mol. The first-order valence-corrected chi connectivity index (χ1v) is 6.47. The summed E-state index contributed by atoms with van der Waals surface area (Å²) in [4.78, 5) is 23.1. The molecule has 0 bridgehead atoms. The van der Waals surface area contributed by atoms with Crippen molar-refractivity contribution in [1.82, 2.24) is 15.0 Å². The van der Waals surface area contributed by atoms with Gasteiger partial charge in [0.05, 0.1) is 0 Å². The van der Waals surface area contributed by atoms with Crippen LogP contribution in [0.4, 0.5) is 4.39 Å². The molecule has 5 heteroatoms. The summed E-state index contributed by atoms with van der Waals surface area (Å²) in [7, 11) is 0. The second kappa shape index (κ2) is 5.66. The van der Waals surface area contributed by atoms with Crippen molar-refractivity contribution in [2.24, 2.45) is 0 Å². The average molecular weight is 281 g/mol. The fraction of sp³-hybridized carbons (Fsp3) is 0.0625. The zero-order valence-corrected chi connectivity index (χ0v) is 11.1. The third-order valence-electron chi connectivity index (χ3n) is 3.12. The fourth-order valence-electron chi connectivity index (χ4n) is 2.03. The summed E-state index contributed by atoms with van der Waals surface area (Å²) in [5, 5.41) is 0. The molecule has 0 aliphatic rings. The molecule has 2 aromatic heterocycles. The van der Waals surface area contributed by atoms with Gasteiger partial charge in [-0.1, -0.05) is 24.3 Å². The zero-order chi connectivity index (χ0) is 14.7. The number of nitrogens with one attached hydrogen (secondary N) is 1. The van der Waals surface area contributed by atoms with Crippen LogP contribution in [0.15, 0.2) is 59.7 Å². The van der Waals surface area contributed by atoms with Gasteiger partial charge in [0.25, 0.3) is 5.56 Å². The van der Waals surface area contributed by atoms with Crippen molar-refractivity contribution in [3.05, 3.63) is 82.2 Å². The number of benzene rings is 1. The molecule has 3 aromatic rings. The summed E-state index contributed by atoms with van der Waals surface area (Å²) in [6, 6.07) is 11.7. The maximum atomic E-state index is 13.6.